The predicted octanol–water partition coefficient (Wildman–Crippen LogP) is 2.64. The van der Waals surface area contributed by atoms with Crippen molar-refractivity contribution < 1.29 is 34.1 Å². The number of hydrogen-bond acceptors (Lipinski definition) is 6. The van der Waals surface area contributed by atoms with Crippen LogP contribution in [-0.2, 0) is 23.9 Å². The number of ether oxygens (including phenoxy) is 2. The van der Waals surface area contributed by atoms with Gasteiger partial charge >= 0.3 is 11.9 Å². The average molecular weight is 433 g/mol. The third-order valence-electron chi connectivity index (χ3n) is 9.95. The highest BCUT2D eigenvalue weighted by Crippen LogP contribution is 2.77. The quantitative estimate of drug-likeness (QED) is 0.519. The Morgan fingerprint density at radius 1 is 1.29 bits per heavy atom. The number of carboxylic acid groups (broad SMARTS) is 1. The summed E-state index contributed by atoms with van der Waals surface area (Å²) in [4.78, 5) is 36.4. The van der Waals surface area contributed by atoms with E-state index >= 15 is 0 Å². The topological polar surface area (TPSA) is 113 Å². The second-order valence-corrected chi connectivity index (χ2v) is 10.9. The van der Waals surface area contributed by atoms with Gasteiger partial charge in [-0.15, -0.1) is 0 Å². The minimum atomic E-state index is -1.09. The Morgan fingerprint density at radius 3 is 2.71 bits per heavy atom. The highest BCUT2D eigenvalue weighted by atomic mass is 16.6. The number of aliphatic hydroxyl groups is 1. The molecule has 1 spiro atoms. The fourth-order valence-electron chi connectivity index (χ4n) is 8.22. The highest BCUT2D eigenvalue weighted by molar-refractivity contribution is 5.92. The summed E-state index contributed by atoms with van der Waals surface area (Å²) < 4.78 is 11.7. The molecular formula is C24H32O7. The van der Waals surface area contributed by atoms with Gasteiger partial charge in [-0.2, -0.15) is 0 Å². The SMILES string of the molecule is COC(=O)[C@@H]1CC2=CC(=O)CC[C@]2(C)[C@@]23O[C@@H]2C[C@@]2(C)[C@@H](CC[C@]2(O)CCC(=O)O)[C@H]13. The van der Waals surface area contributed by atoms with E-state index in [0.29, 0.717) is 32.1 Å². The molecule has 7 heteroatoms. The number of methoxy groups -OCH3 is 1. The lowest BCUT2D eigenvalue weighted by Crippen LogP contribution is -2.63. The predicted molar refractivity (Wildman–Crippen MR) is 109 cm³/mol. The normalized spacial score (nSPS) is 49.8. The molecule has 8 atom stereocenters. The van der Waals surface area contributed by atoms with Gasteiger partial charge in [0, 0.05) is 29.6 Å². The van der Waals surface area contributed by atoms with Crippen molar-refractivity contribution >= 4 is 17.7 Å². The summed E-state index contributed by atoms with van der Waals surface area (Å²) in [5, 5.41) is 20.9. The van der Waals surface area contributed by atoms with E-state index in [9.17, 15) is 24.6 Å². The molecule has 5 aliphatic rings. The number of hydrogen-bond donors (Lipinski definition) is 2. The molecule has 31 heavy (non-hydrogen) atoms. The molecule has 0 aromatic rings. The van der Waals surface area contributed by atoms with Crippen LogP contribution < -0.4 is 0 Å². The van der Waals surface area contributed by atoms with Crippen LogP contribution in [0.3, 0.4) is 0 Å². The Kier molecular flexibility index (Phi) is 4.37. The lowest BCUT2D eigenvalue weighted by atomic mass is 9.43. The maximum atomic E-state index is 13.0. The van der Waals surface area contributed by atoms with Gasteiger partial charge in [-0.1, -0.05) is 19.4 Å². The highest BCUT2D eigenvalue weighted by Gasteiger charge is 2.82. The molecule has 7 nitrogen and oxygen atoms in total. The smallest absolute Gasteiger partial charge is 0.309 e. The van der Waals surface area contributed by atoms with E-state index in [1.165, 1.54) is 7.11 Å². The number of ketones is 1. The number of carbonyl (C=O) groups is 3. The van der Waals surface area contributed by atoms with E-state index in [0.717, 1.165) is 12.0 Å². The van der Waals surface area contributed by atoms with Crippen molar-refractivity contribution in [3.8, 4) is 0 Å². The van der Waals surface area contributed by atoms with Crippen LogP contribution in [0.1, 0.15) is 65.2 Å². The van der Waals surface area contributed by atoms with Gasteiger partial charge in [-0.3, -0.25) is 14.4 Å². The molecule has 0 bridgehead atoms. The van der Waals surface area contributed by atoms with Crippen LogP contribution in [0.25, 0.3) is 0 Å². The number of carboxylic acids is 1. The average Bonchev–Trinajstić information content (AvgIpc) is 3.38. The fourth-order valence-corrected chi connectivity index (χ4v) is 8.22. The Labute approximate surface area is 182 Å². The molecule has 4 aliphatic carbocycles. The van der Waals surface area contributed by atoms with E-state index in [-0.39, 0.29) is 47.9 Å². The van der Waals surface area contributed by atoms with E-state index in [2.05, 4.69) is 13.8 Å². The molecule has 5 rings (SSSR count). The van der Waals surface area contributed by atoms with Gasteiger partial charge in [0.15, 0.2) is 5.78 Å². The zero-order valence-electron chi connectivity index (χ0n) is 18.5. The Morgan fingerprint density at radius 2 is 2.03 bits per heavy atom. The van der Waals surface area contributed by atoms with E-state index < -0.39 is 28.5 Å². The summed E-state index contributed by atoms with van der Waals surface area (Å²) in [6.07, 6.45) is 5.35. The number of aliphatic carboxylic acids is 1. The molecule has 0 aromatic heterocycles. The molecule has 1 heterocycles. The van der Waals surface area contributed by atoms with Crippen LogP contribution in [0.2, 0.25) is 0 Å². The third kappa shape index (κ3) is 2.50. The first kappa shape index (κ1) is 21.1. The van der Waals surface area contributed by atoms with Crippen molar-refractivity contribution in [1.82, 2.24) is 0 Å². The summed E-state index contributed by atoms with van der Waals surface area (Å²) >= 11 is 0. The molecule has 1 aliphatic heterocycles. The maximum Gasteiger partial charge on any atom is 0.309 e. The van der Waals surface area contributed by atoms with E-state index in [1.807, 2.05) is 0 Å². The summed E-state index contributed by atoms with van der Waals surface area (Å²) in [5.74, 6) is -1.60. The van der Waals surface area contributed by atoms with Gasteiger partial charge in [0.2, 0.25) is 0 Å². The first-order valence-corrected chi connectivity index (χ1v) is 11.5. The van der Waals surface area contributed by atoms with Gasteiger partial charge in [-0.25, -0.2) is 0 Å². The zero-order chi connectivity index (χ0) is 22.4. The number of fused-ring (bicyclic) bond motifs is 3. The zero-order valence-corrected chi connectivity index (χ0v) is 18.5. The molecule has 1 saturated heterocycles. The van der Waals surface area contributed by atoms with Crippen molar-refractivity contribution in [3.05, 3.63) is 11.6 Å². The van der Waals surface area contributed by atoms with Crippen molar-refractivity contribution in [2.75, 3.05) is 7.11 Å². The number of epoxide rings is 1. The monoisotopic (exact) mass is 432 g/mol. The molecule has 3 saturated carbocycles. The Bertz CT molecular complexity index is 894. The Hall–Kier alpha value is -1.73. The second-order valence-electron chi connectivity index (χ2n) is 10.9. The minimum absolute atomic E-state index is 0.0325. The van der Waals surface area contributed by atoms with Gasteiger partial charge < -0.3 is 19.7 Å². The van der Waals surface area contributed by atoms with E-state index in [1.54, 1.807) is 6.08 Å². The fraction of sp³-hybridized carbons (Fsp3) is 0.792. The molecule has 0 aromatic carbocycles. The van der Waals surface area contributed by atoms with Crippen molar-refractivity contribution in [1.29, 1.82) is 0 Å². The molecule has 0 unspecified atom stereocenters. The van der Waals surface area contributed by atoms with Crippen molar-refractivity contribution in [2.24, 2.45) is 28.6 Å². The minimum Gasteiger partial charge on any atom is -0.481 e. The first-order valence-electron chi connectivity index (χ1n) is 11.5. The van der Waals surface area contributed by atoms with Crippen LogP contribution in [0.4, 0.5) is 0 Å². The van der Waals surface area contributed by atoms with Crippen LogP contribution in [0.15, 0.2) is 11.6 Å². The lowest BCUT2D eigenvalue weighted by Gasteiger charge is -2.58. The van der Waals surface area contributed by atoms with Crippen molar-refractivity contribution in [3.63, 3.8) is 0 Å². The van der Waals surface area contributed by atoms with Crippen LogP contribution in [0.5, 0.6) is 0 Å². The molecule has 4 fully saturated rings. The largest absolute Gasteiger partial charge is 0.481 e. The molecular weight excluding hydrogens is 400 g/mol. The maximum absolute atomic E-state index is 13.0. The summed E-state index contributed by atoms with van der Waals surface area (Å²) in [7, 11) is 1.40. The van der Waals surface area contributed by atoms with Gasteiger partial charge in [-0.05, 0) is 50.5 Å². The van der Waals surface area contributed by atoms with Crippen molar-refractivity contribution in [2.45, 2.75) is 82.5 Å². The third-order valence-corrected chi connectivity index (χ3v) is 9.95. The summed E-state index contributed by atoms with van der Waals surface area (Å²) in [5.41, 5.74) is -1.43. The molecule has 170 valence electrons. The number of esters is 1. The van der Waals surface area contributed by atoms with Gasteiger partial charge in [0.25, 0.3) is 0 Å². The molecule has 0 amide bonds. The summed E-state index contributed by atoms with van der Waals surface area (Å²) in [6, 6.07) is 0. The second kappa shape index (κ2) is 6.41. The number of rotatable bonds is 4. The number of carbonyl (C=O) groups excluding carboxylic acids is 2. The van der Waals surface area contributed by atoms with Crippen LogP contribution in [0, 0.1) is 28.6 Å². The van der Waals surface area contributed by atoms with Gasteiger partial charge in [0.1, 0.15) is 5.60 Å². The molecule has 0 radical (unpaired) electrons. The van der Waals surface area contributed by atoms with Crippen LogP contribution in [-0.4, -0.2) is 52.4 Å². The van der Waals surface area contributed by atoms with E-state index in [4.69, 9.17) is 9.47 Å². The van der Waals surface area contributed by atoms with Crippen LogP contribution >= 0.6 is 0 Å². The molecule has 2 N–H and O–H groups in total. The lowest BCUT2D eigenvalue weighted by molar-refractivity contribution is -0.163. The Balaban J connectivity index is 1.59. The van der Waals surface area contributed by atoms with Gasteiger partial charge in [0.05, 0.1) is 24.7 Å². The standard InChI is InChI=1S/C24H32O7/c1-21-7-4-14(25)10-13(21)11-15(20(28)30-3)19-16-5-8-23(29,9-6-18(26)27)22(16,2)12-17-24(19,21)31-17/h10,15-17,19,29H,4-9,11-12H2,1-3H3,(H,26,27)/t15-,16+,17-,19+,21+,22+,23+,24-/m1/s1. The summed E-state index contributed by atoms with van der Waals surface area (Å²) in [6.45, 7) is 4.24. The first-order chi connectivity index (χ1) is 14.5.